The minimum absolute atomic E-state index is 0.0322. The predicted octanol–water partition coefficient (Wildman–Crippen LogP) is 3.50. The molecule has 9 nitrogen and oxygen atoms in total. The quantitative estimate of drug-likeness (QED) is 0.476. The molecule has 1 fully saturated rings. The van der Waals surface area contributed by atoms with Crippen molar-refractivity contribution in [1.29, 1.82) is 0 Å². The molecular formula is C25H22F3N5O4S. The number of hydrogen-bond donors (Lipinski definition) is 1. The normalized spacial score (nSPS) is 12.9. The predicted molar refractivity (Wildman–Crippen MR) is 134 cm³/mol. The zero-order valence-electron chi connectivity index (χ0n) is 20.5. The first kappa shape index (κ1) is 26.9. The molecule has 0 aliphatic heterocycles. The van der Waals surface area contributed by atoms with Crippen molar-refractivity contribution in [2.45, 2.75) is 25.6 Å². The number of likely N-dealkylation sites (N-methyl/N-ethyl adjacent to an activating group) is 1. The number of nitrogens with zero attached hydrogens (tertiary/aromatic N) is 4. The molecule has 38 heavy (non-hydrogen) atoms. The van der Waals surface area contributed by atoms with Gasteiger partial charge in [0.1, 0.15) is 12.3 Å². The van der Waals surface area contributed by atoms with Gasteiger partial charge in [0.05, 0.1) is 18.2 Å². The highest BCUT2D eigenvalue weighted by Crippen LogP contribution is 2.38. The molecule has 1 saturated carbocycles. The second-order valence-electron chi connectivity index (χ2n) is 8.68. The zero-order chi connectivity index (χ0) is 27.6. The van der Waals surface area contributed by atoms with Crippen LogP contribution in [-0.2, 0) is 17.5 Å². The van der Waals surface area contributed by atoms with Crippen molar-refractivity contribution < 1.29 is 27.5 Å². The lowest BCUT2D eigenvalue weighted by atomic mass is 9.98. The van der Waals surface area contributed by atoms with Crippen molar-refractivity contribution in [3.05, 3.63) is 57.0 Å². The van der Waals surface area contributed by atoms with Gasteiger partial charge in [-0.25, -0.2) is 0 Å². The van der Waals surface area contributed by atoms with E-state index >= 15 is 0 Å². The van der Waals surface area contributed by atoms with Crippen molar-refractivity contribution in [1.82, 2.24) is 19.7 Å². The summed E-state index contributed by atoms with van der Waals surface area (Å²) in [6.45, 7) is -0.387. The molecule has 3 aromatic rings. The average molecular weight is 546 g/mol. The Bertz CT molecular complexity index is 1510. The first-order valence-corrected chi connectivity index (χ1v) is 12.1. The van der Waals surface area contributed by atoms with Crippen molar-refractivity contribution in [2.24, 2.45) is 5.92 Å². The van der Waals surface area contributed by atoms with E-state index in [0.29, 0.717) is 10.9 Å². The number of nitrogens with one attached hydrogen (secondary N) is 1. The highest BCUT2D eigenvalue weighted by atomic mass is 32.1. The minimum atomic E-state index is -4.68. The summed E-state index contributed by atoms with van der Waals surface area (Å²) in [5.74, 6) is 5.06. The number of amides is 2. The van der Waals surface area contributed by atoms with E-state index in [1.807, 2.05) is 0 Å². The van der Waals surface area contributed by atoms with Crippen LogP contribution in [0.15, 0.2) is 35.3 Å². The molecular weight excluding hydrogens is 523 g/mol. The number of hydrogen-bond acceptors (Lipinski definition) is 7. The Kier molecular flexibility index (Phi) is 7.54. The molecule has 0 saturated heterocycles. The summed E-state index contributed by atoms with van der Waals surface area (Å²) in [4.78, 5) is 39.6. The lowest BCUT2D eigenvalue weighted by Gasteiger charge is -2.18. The standard InChI is InChI=1S/C25H22F3N5O4S/c1-32(2)22(35)13-33-12-18(16-10-15(25(26,27)28)7-8-19(16)37-3)17(11-21(33)34)23(36)29-24-31-30-20(38-24)9-6-14-4-5-14/h7-8,10-12,14H,4-5,13H2,1-3H3,(H,29,31,36). The number of pyridine rings is 1. The third kappa shape index (κ3) is 6.20. The van der Waals surface area contributed by atoms with Crippen LogP contribution in [0.2, 0.25) is 0 Å². The van der Waals surface area contributed by atoms with Crippen LogP contribution in [0.4, 0.5) is 18.3 Å². The van der Waals surface area contributed by atoms with Crippen LogP contribution in [-0.4, -0.2) is 52.7 Å². The summed E-state index contributed by atoms with van der Waals surface area (Å²) in [5, 5.41) is 10.8. The Morgan fingerprint density at radius 3 is 2.58 bits per heavy atom. The Hall–Kier alpha value is -4.18. The van der Waals surface area contributed by atoms with E-state index in [0.717, 1.165) is 53.0 Å². The highest BCUT2D eigenvalue weighted by Gasteiger charge is 2.32. The van der Waals surface area contributed by atoms with Crippen LogP contribution in [0.5, 0.6) is 5.75 Å². The number of benzene rings is 1. The smallest absolute Gasteiger partial charge is 0.416 e. The first-order valence-electron chi connectivity index (χ1n) is 11.3. The molecule has 2 aromatic heterocycles. The Labute approximate surface area is 219 Å². The Balaban J connectivity index is 1.79. The molecule has 2 amide bonds. The summed E-state index contributed by atoms with van der Waals surface area (Å²) >= 11 is 1.03. The molecule has 1 aromatic carbocycles. The van der Waals surface area contributed by atoms with Gasteiger partial charge < -0.3 is 14.2 Å². The van der Waals surface area contributed by atoms with Crippen molar-refractivity contribution in [3.8, 4) is 28.7 Å². The van der Waals surface area contributed by atoms with E-state index < -0.39 is 29.1 Å². The molecule has 1 aliphatic carbocycles. The van der Waals surface area contributed by atoms with Gasteiger partial charge in [-0.3, -0.25) is 19.7 Å². The molecule has 0 bridgehead atoms. The number of alkyl halides is 3. The molecule has 2 heterocycles. The number of carbonyl (C=O) groups is 2. The van der Waals surface area contributed by atoms with E-state index in [9.17, 15) is 27.6 Å². The number of anilines is 1. The fraction of sp³-hybridized carbons (Fsp3) is 0.320. The molecule has 13 heteroatoms. The van der Waals surface area contributed by atoms with E-state index in [1.165, 1.54) is 32.3 Å². The van der Waals surface area contributed by atoms with Crippen LogP contribution in [0, 0.1) is 17.8 Å². The lowest BCUT2D eigenvalue weighted by molar-refractivity contribution is -0.137. The summed E-state index contributed by atoms with van der Waals surface area (Å²) in [7, 11) is 4.26. The second kappa shape index (κ2) is 10.7. The van der Waals surface area contributed by atoms with Crippen molar-refractivity contribution >= 4 is 28.3 Å². The fourth-order valence-corrected chi connectivity index (χ4v) is 3.96. The summed E-state index contributed by atoms with van der Waals surface area (Å²) < 4.78 is 46.9. The summed E-state index contributed by atoms with van der Waals surface area (Å²) in [5.41, 5.74) is -2.05. The fourth-order valence-electron chi connectivity index (χ4n) is 3.36. The highest BCUT2D eigenvalue weighted by molar-refractivity contribution is 7.15. The van der Waals surface area contributed by atoms with Crippen molar-refractivity contribution in [2.75, 3.05) is 26.5 Å². The van der Waals surface area contributed by atoms with E-state index in [1.54, 1.807) is 0 Å². The Morgan fingerprint density at radius 1 is 1.21 bits per heavy atom. The molecule has 0 unspecified atom stereocenters. The number of ether oxygens (including phenoxy) is 1. The maximum atomic E-state index is 13.5. The number of carbonyl (C=O) groups excluding carboxylic acids is 2. The summed E-state index contributed by atoms with van der Waals surface area (Å²) in [6, 6.07) is 3.75. The molecule has 198 valence electrons. The second-order valence-corrected chi connectivity index (χ2v) is 9.66. The van der Waals surface area contributed by atoms with Gasteiger partial charge in [0.2, 0.25) is 11.0 Å². The number of aromatic nitrogens is 3. The van der Waals surface area contributed by atoms with Crippen LogP contribution in [0.1, 0.15) is 33.8 Å². The molecule has 4 rings (SSSR count). The molecule has 0 radical (unpaired) electrons. The maximum absolute atomic E-state index is 13.5. The summed E-state index contributed by atoms with van der Waals surface area (Å²) in [6.07, 6.45) is -1.45. The van der Waals surface area contributed by atoms with Crippen LogP contribution < -0.4 is 15.6 Å². The molecule has 1 N–H and O–H groups in total. The van der Waals surface area contributed by atoms with E-state index in [4.69, 9.17) is 4.74 Å². The van der Waals surface area contributed by atoms with Gasteiger partial charge >= 0.3 is 6.18 Å². The molecule has 1 aliphatic rings. The van der Waals surface area contributed by atoms with Gasteiger partial charge in [-0.2, -0.15) is 13.2 Å². The largest absolute Gasteiger partial charge is 0.496 e. The van der Waals surface area contributed by atoms with E-state index in [2.05, 4.69) is 27.4 Å². The van der Waals surface area contributed by atoms with Crippen LogP contribution in [0.25, 0.3) is 11.1 Å². The van der Waals surface area contributed by atoms with E-state index in [-0.39, 0.29) is 34.1 Å². The molecule has 0 atom stereocenters. The van der Waals surface area contributed by atoms with Crippen LogP contribution >= 0.6 is 11.3 Å². The minimum Gasteiger partial charge on any atom is -0.496 e. The van der Waals surface area contributed by atoms with Crippen LogP contribution in [0.3, 0.4) is 0 Å². The maximum Gasteiger partial charge on any atom is 0.416 e. The van der Waals surface area contributed by atoms with Gasteiger partial charge in [-0.15, -0.1) is 10.2 Å². The van der Waals surface area contributed by atoms with Crippen molar-refractivity contribution in [3.63, 3.8) is 0 Å². The van der Waals surface area contributed by atoms with Gasteiger partial charge in [0.15, 0.2) is 5.01 Å². The topological polar surface area (TPSA) is 106 Å². The first-order chi connectivity index (χ1) is 18.0. The zero-order valence-corrected chi connectivity index (χ0v) is 21.4. The van der Waals surface area contributed by atoms with Gasteiger partial charge in [0.25, 0.3) is 11.5 Å². The van der Waals surface area contributed by atoms with Gasteiger partial charge in [-0.05, 0) is 37.0 Å². The number of halogens is 3. The average Bonchev–Trinajstić information content (AvgIpc) is 3.60. The molecule has 0 spiro atoms. The van der Waals surface area contributed by atoms with Gasteiger partial charge in [-0.1, -0.05) is 17.3 Å². The monoisotopic (exact) mass is 545 g/mol. The Morgan fingerprint density at radius 2 is 1.95 bits per heavy atom. The van der Waals surface area contributed by atoms with Gasteiger partial charge in [0, 0.05) is 43.4 Å². The third-order valence-corrected chi connectivity index (χ3v) is 6.35. The lowest BCUT2D eigenvalue weighted by Crippen LogP contribution is -2.32. The third-order valence-electron chi connectivity index (χ3n) is 5.60. The number of rotatable bonds is 6. The SMILES string of the molecule is COc1ccc(C(F)(F)F)cc1-c1cn(CC(=O)N(C)C)c(=O)cc1C(=O)Nc1nnc(C#CC2CC2)s1. The number of methoxy groups -OCH3 is 1.